The van der Waals surface area contributed by atoms with Gasteiger partial charge in [-0.1, -0.05) is 0 Å². The summed E-state index contributed by atoms with van der Waals surface area (Å²) in [5.41, 5.74) is 32.7. The number of hydrogen-bond acceptors (Lipinski definition) is 14. The van der Waals surface area contributed by atoms with Gasteiger partial charge in [0.2, 0.25) is 35.4 Å². The van der Waals surface area contributed by atoms with Gasteiger partial charge >= 0.3 is 11.9 Å². The van der Waals surface area contributed by atoms with Crippen molar-refractivity contribution >= 4 is 71.9 Å². The SMILES string of the molecule is C[C@@H](O)[C@H](NC(=O)[C@H](CCCN=C(N)N)NC(=O)[C@H](CCCCN)NC(=O)[C@@H](N)CC(=O)O)C(=O)N[C@@H](CCCN=C(N)N)C(=O)NCC(=O)N[C@@H](CS)C(=O)O. The maximum absolute atomic E-state index is 13.7. The van der Waals surface area contributed by atoms with E-state index >= 15 is 0 Å². The van der Waals surface area contributed by atoms with Crippen LogP contribution < -0.4 is 66.3 Å². The Balaban J connectivity index is 6.27. The number of carbonyl (C=O) groups excluding carboxylic acids is 6. The van der Waals surface area contributed by atoms with Crippen LogP contribution >= 0.6 is 12.6 Å². The highest BCUT2D eigenvalue weighted by Gasteiger charge is 2.34. The second-order valence-corrected chi connectivity index (χ2v) is 13.0. The van der Waals surface area contributed by atoms with E-state index < -0.39 is 103 Å². The molecule has 0 aliphatic carbocycles. The Labute approximate surface area is 334 Å². The van der Waals surface area contributed by atoms with E-state index in [0.29, 0.717) is 12.8 Å². The number of nitrogens with two attached hydrogens (primary N) is 6. The van der Waals surface area contributed by atoms with Crippen molar-refractivity contribution in [2.75, 3.05) is 31.9 Å². The number of carboxylic acid groups (broad SMARTS) is 2. The Bertz CT molecular complexity index is 1430. The zero-order valence-corrected chi connectivity index (χ0v) is 32.5. The predicted molar refractivity (Wildman–Crippen MR) is 209 cm³/mol. The Morgan fingerprint density at radius 1 is 0.649 bits per heavy atom. The molecule has 21 N–H and O–H groups in total. The van der Waals surface area contributed by atoms with E-state index in [-0.39, 0.29) is 69.4 Å². The monoisotopic (exact) mass is 834 g/mol. The van der Waals surface area contributed by atoms with Gasteiger partial charge in [0.05, 0.1) is 25.1 Å². The van der Waals surface area contributed by atoms with Crippen molar-refractivity contribution < 1.29 is 53.7 Å². The summed E-state index contributed by atoms with van der Waals surface area (Å²) in [7, 11) is 0. The maximum Gasteiger partial charge on any atom is 0.327 e. The maximum atomic E-state index is 13.7. The summed E-state index contributed by atoms with van der Waals surface area (Å²) in [4.78, 5) is 109. The summed E-state index contributed by atoms with van der Waals surface area (Å²) in [6, 6.07) is -8.67. The fourth-order valence-electron chi connectivity index (χ4n) is 4.78. The van der Waals surface area contributed by atoms with Gasteiger partial charge in [-0.2, -0.15) is 12.6 Å². The topological polar surface area (TPSA) is 450 Å². The molecule has 0 spiro atoms. The Morgan fingerprint density at radius 3 is 1.58 bits per heavy atom. The summed E-state index contributed by atoms with van der Waals surface area (Å²) in [6.45, 7) is 0.786. The van der Waals surface area contributed by atoms with Crippen molar-refractivity contribution in [3.8, 4) is 0 Å². The van der Waals surface area contributed by atoms with Crippen LogP contribution in [0.25, 0.3) is 0 Å². The van der Waals surface area contributed by atoms with Crippen LogP contribution in [0.2, 0.25) is 0 Å². The fraction of sp³-hybridized carbons (Fsp3) is 0.677. The van der Waals surface area contributed by atoms with Crippen LogP contribution in [0, 0.1) is 0 Å². The number of guanidine groups is 2. The average molecular weight is 835 g/mol. The van der Waals surface area contributed by atoms with E-state index in [4.69, 9.17) is 44.6 Å². The number of aliphatic hydroxyl groups is 1. The van der Waals surface area contributed by atoms with Gasteiger partial charge in [0, 0.05) is 18.8 Å². The number of aliphatic hydroxyl groups excluding tert-OH is 1. The standard InChI is InChI=1S/C31H58N14O11S/c1-15(46)23(28(54)44-17(7-4-10-38-30(34)35)25(51)40-13-21(47)41-20(14-57)29(55)56)45-27(53)19(8-5-11-39-31(36)37)43-26(52)18(6-2-3-9-32)42-24(50)16(33)12-22(48)49/h15-20,23,46,57H,2-14,32-33H2,1H3,(H,40,51)(H,41,47)(H,42,50)(H,43,52)(H,44,54)(H,45,53)(H,48,49)(H,55,56)(H4,34,35,38)(H4,36,37,39)/t15-,16+,17+,18+,19+,20+,23+/m1/s1. The summed E-state index contributed by atoms with van der Waals surface area (Å²) in [5.74, 6) is -9.04. The summed E-state index contributed by atoms with van der Waals surface area (Å²) in [6.07, 6.45) is -1.48. The number of unbranched alkanes of at least 4 members (excludes halogenated alkanes) is 1. The zero-order valence-electron chi connectivity index (χ0n) is 31.6. The number of hydrogen-bond donors (Lipinski definition) is 16. The Hall–Kier alpha value is -5.47. The average Bonchev–Trinajstić information content (AvgIpc) is 3.12. The molecule has 0 rings (SSSR count). The van der Waals surface area contributed by atoms with E-state index in [9.17, 15) is 43.5 Å². The van der Waals surface area contributed by atoms with Crippen LogP contribution in [-0.4, -0.2) is 149 Å². The molecule has 6 amide bonds. The molecule has 0 radical (unpaired) electrons. The van der Waals surface area contributed by atoms with Crippen molar-refractivity contribution in [3.63, 3.8) is 0 Å². The lowest BCUT2D eigenvalue weighted by Gasteiger charge is -2.28. The largest absolute Gasteiger partial charge is 0.481 e. The molecule has 0 unspecified atom stereocenters. The molecule has 0 aromatic heterocycles. The first-order valence-electron chi connectivity index (χ1n) is 17.8. The molecule has 0 aromatic rings. The molecule has 0 heterocycles. The van der Waals surface area contributed by atoms with Crippen molar-refractivity contribution in [1.29, 1.82) is 0 Å². The minimum absolute atomic E-state index is 0.0171. The Kier molecular flexibility index (Phi) is 25.3. The number of thiol groups is 1. The quantitative estimate of drug-likeness (QED) is 0.0144. The molecule has 0 fully saturated rings. The molecule has 0 saturated carbocycles. The summed E-state index contributed by atoms with van der Waals surface area (Å²) in [5, 5.41) is 42.8. The molecular formula is C31H58N14O11S. The van der Waals surface area contributed by atoms with E-state index in [2.05, 4.69) is 54.5 Å². The van der Waals surface area contributed by atoms with Crippen LogP contribution in [0.15, 0.2) is 9.98 Å². The highest BCUT2D eigenvalue weighted by Crippen LogP contribution is 2.08. The van der Waals surface area contributed by atoms with Gasteiger partial charge < -0.3 is 81.6 Å². The minimum Gasteiger partial charge on any atom is -0.481 e. The van der Waals surface area contributed by atoms with E-state index in [0.717, 1.165) is 0 Å². The molecule has 25 nitrogen and oxygen atoms in total. The number of aliphatic carboxylic acids is 2. The van der Waals surface area contributed by atoms with Crippen molar-refractivity contribution in [3.05, 3.63) is 0 Å². The molecule has 0 aliphatic heterocycles. The van der Waals surface area contributed by atoms with Crippen molar-refractivity contribution in [2.24, 2.45) is 44.4 Å². The number of rotatable bonds is 29. The first kappa shape index (κ1) is 51.5. The van der Waals surface area contributed by atoms with Crippen LogP contribution in [0.5, 0.6) is 0 Å². The number of carbonyl (C=O) groups is 8. The predicted octanol–water partition coefficient (Wildman–Crippen LogP) is -7.04. The normalized spacial score (nSPS) is 14.4. The van der Waals surface area contributed by atoms with Gasteiger partial charge in [-0.15, -0.1) is 0 Å². The summed E-state index contributed by atoms with van der Waals surface area (Å²) < 4.78 is 0. The van der Waals surface area contributed by atoms with Gasteiger partial charge in [0.15, 0.2) is 11.9 Å². The minimum atomic E-state index is -1.73. The Morgan fingerprint density at radius 2 is 1.12 bits per heavy atom. The lowest BCUT2D eigenvalue weighted by molar-refractivity contribution is -0.141. The third kappa shape index (κ3) is 22.6. The molecule has 7 atom stereocenters. The third-order valence-corrected chi connectivity index (χ3v) is 8.13. The molecule has 0 aromatic carbocycles. The molecule has 0 bridgehead atoms. The number of aliphatic imine (C=N–C) groups is 2. The number of amides is 6. The van der Waals surface area contributed by atoms with Gasteiger partial charge in [-0.05, 0) is 58.4 Å². The lowest BCUT2D eigenvalue weighted by atomic mass is 10.0. The van der Waals surface area contributed by atoms with Crippen molar-refractivity contribution in [2.45, 2.75) is 101 Å². The molecule has 0 aliphatic rings. The highest BCUT2D eigenvalue weighted by molar-refractivity contribution is 7.80. The van der Waals surface area contributed by atoms with E-state index in [1.165, 1.54) is 6.92 Å². The second-order valence-electron chi connectivity index (χ2n) is 12.7. The summed E-state index contributed by atoms with van der Waals surface area (Å²) >= 11 is 3.85. The molecule has 57 heavy (non-hydrogen) atoms. The van der Waals surface area contributed by atoms with Crippen LogP contribution in [-0.2, 0) is 38.4 Å². The molecule has 0 saturated heterocycles. The van der Waals surface area contributed by atoms with Gasteiger partial charge in [0.1, 0.15) is 30.2 Å². The number of nitrogens with one attached hydrogen (secondary N) is 6. The number of nitrogens with zero attached hydrogens (tertiary/aromatic N) is 2. The first-order chi connectivity index (χ1) is 26.7. The van der Waals surface area contributed by atoms with Gasteiger partial charge in [-0.3, -0.25) is 43.5 Å². The van der Waals surface area contributed by atoms with Crippen LogP contribution in [0.4, 0.5) is 0 Å². The lowest BCUT2D eigenvalue weighted by Crippen LogP contribution is -2.61. The second kappa shape index (κ2) is 28.0. The van der Waals surface area contributed by atoms with Crippen molar-refractivity contribution in [1.82, 2.24) is 31.9 Å². The molecule has 324 valence electrons. The van der Waals surface area contributed by atoms with E-state index in [1.54, 1.807) is 0 Å². The molecule has 26 heteroatoms. The highest BCUT2D eigenvalue weighted by atomic mass is 32.1. The smallest absolute Gasteiger partial charge is 0.327 e. The number of carboxylic acids is 2. The van der Waals surface area contributed by atoms with Crippen LogP contribution in [0.3, 0.4) is 0 Å². The zero-order chi connectivity index (χ0) is 43.7. The fourth-order valence-corrected chi connectivity index (χ4v) is 5.03. The van der Waals surface area contributed by atoms with Crippen LogP contribution in [0.1, 0.15) is 58.3 Å². The van der Waals surface area contributed by atoms with Gasteiger partial charge in [0.25, 0.3) is 0 Å². The third-order valence-electron chi connectivity index (χ3n) is 7.77. The van der Waals surface area contributed by atoms with Gasteiger partial charge in [-0.25, -0.2) is 4.79 Å². The van der Waals surface area contributed by atoms with E-state index in [1.807, 2.05) is 0 Å². The first-order valence-corrected chi connectivity index (χ1v) is 18.5. The molecular weight excluding hydrogens is 776 g/mol.